The molecule has 2 heterocycles. The second kappa shape index (κ2) is 9.39. The lowest BCUT2D eigenvalue weighted by atomic mass is 10.0. The molecule has 0 saturated carbocycles. The fraction of sp³-hybridized carbons (Fsp3) is 0.400. The van der Waals surface area contributed by atoms with Gasteiger partial charge in [0.25, 0.3) is 0 Å². The average molecular weight is 429 g/mol. The van der Waals surface area contributed by atoms with E-state index >= 15 is 0 Å². The number of fused-ring (bicyclic) bond motifs is 1. The van der Waals surface area contributed by atoms with Crippen LogP contribution in [-0.4, -0.2) is 32.7 Å². The molecule has 0 aliphatic rings. The van der Waals surface area contributed by atoms with E-state index in [1.54, 1.807) is 6.07 Å². The van der Waals surface area contributed by atoms with Gasteiger partial charge in [-0.1, -0.05) is 49.1 Å². The van der Waals surface area contributed by atoms with E-state index < -0.39 is 0 Å². The average Bonchev–Trinajstić information content (AvgIpc) is 3.07. The molecular formula is C20H24N6OS2. The van der Waals surface area contributed by atoms with Gasteiger partial charge in [-0.15, -0.1) is 0 Å². The molecule has 0 saturated heterocycles. The number of nitrogens with two attached hydrogens (primary N) is 1. The lowest BCUT2D eigenvalue weighted by Crippen LogP contribution is -2.26. The van der Waals surface area contributed by atoms with E-state index in [9.17, 15) is 5.11 Å². The summed E-state index contributed by atoms with van der Waals surface area (Å²) in [5, 5.41) is 23.3. The van der Waals surface area contributed by atoms with Crippen molar-refractivity contribution in [2.75, 3.05) is 17.7 Å². The molecule has 0 aliphatic carbocycles. The molecule has 29 heavy (non-hydrogen) atoms. The van der Waals surface area contributed by atoms with Gasteiger partial charge in [0.1, 0.15) is 4.70 Å². The number of aliphatic hydroxyl groups excluding tert-OH is 1. The minimum Gasteiger partial charge on any atom is -0.394 e. The van der Waals surface area contributed by atoms with Crippen LogP contribution in [0.25, 0.3) is 10.3 Å². The number of nitrogen functional groups attached to an aromatic ring is 1. The summed E-state index contributed by atoms with van der Waals surface area (Å²) in [6.07, 6.45) is 0.816. The SMILES string of the molecule is CC(C)C[C@H](CO)Nc1nc(S[C@@H](C)c2cccc(C#N)c2)nc2nc(N)sc12. The summed E-state index contributed by atoms with van der Waals surface area (Å²) in [5.41, 5.74) is 8.10. The van der Waals surface area contributed by atoms with Crippen LogP contribution in [0.1, 0.15) is 43.6 Å². The van der Waals surface area contributed by atoms with Gasteiger partial charge in [-0.3, -0.25) is 0 Å². The van der Waals surface area contributed by atoms with Crippen molar-refractivity contribution in [3.8, 4) is 6.07 Å². The molecular weight excluding hydrogens is 404 g/mol. The minimum atomic E-state index is -0.112. The molecule has 0 fully saturated rings. The Morgan fingerprint density at radius 2 is 2.07 bits per heavy atom. The molecule has 152 valence electrons. The van der Waals surface area contributed by atoms with E-state index in [4.69, 9.17) is 16.0 Å². The Bertz CT molecular complexity index is 1030. The highest BCUT2D eigenvalue weighted by Crippen LogP contribution is 2.37. The third-order valence-corrected chi connectivity index (χ3v) is 6.23. The summed E-state index contributed by atoms with van der Waals surface area (Å²) in [4.78, 5) is 13.6. The van der Waals surface area contributed by atoms with Crippen molar-refractivity contribution in [3.63, 3.8) is 0 Å². The Morgan fingerprint density at radius 1 is 1.28 bits per heavy atom. The first-order valence-corrected chi connectivity index (χ1v) is 11.1. The lowest BCUT2D eigenvalue weighted by molar-refractivity contribution is 0.259. The maximum Gasteiger partial charge on any atom is 0.192 e. The van der Waals surface area contributed by atoms with Gasteiger partial charge in [-0.2, -0.15) is 5.26 Å². The molecule has 0 unspecified atom stereocenters. The van der Waals surface area contributed by atoms with Crippen LogP contribution < -0.4 is 11.1 Å². The standard InChI is InChI=1S/C20H24N6OS2/c1-11(2)7-15(10-27)23-17-16-18(24-19(22)29-16)26-20(25-17)28-12(3)14-6-4-5-13(8-14)9-21/h4-6,8,11-12,15,27H,7,10H2,1-3H3,(H3,22,23,24,25,26)/t12-,15+/m0/s1. The normalized spacial score (nSPS) is 13.4. The zero-order chi connectivity index (χ0) is 21.0. The minimum absolute atomic E-state index is 0.0117. The van der Waals surface area contributed by atoms with Crippen molar-refractivity contribution < 1.29 is 5.11 Å². The van der Waals surface area contributed by atoms with Gasteiger partial charge in [0, 0.05) is 5.25 Å². The third-order valence-electron chi connectivity index (χ3n) is 4.33. The maximum absolute atomic E-state index is 9.75. The van der Waals surface area contributed by atoms with Gasteiger partial charge in [0.15, 0.2) is 21.8 Å². The van der Waals surface area contributed by atoms with Crippen LogP contribution in [0.5, 0.6) is 0 Å². The van der Waals surface area contributed by atoms with Crippen LogP contribution in [0.2, 0.25) is 0 Å². The fourth-order valence-corrected chi connectivity index (χ4v) is 4.61. The van der Waals surface area contributed by atoms with Crippen molar-refractivity contribution in [3.05, 3.63) is 35.4 Å². The van der Waals surface area contributed by atoms with E-state index in [2.05, 4.69) is 35.2 Å². The van der Waals surface area contributed by atoms with E-state index in [1.807, 2.05) is 25.1 Å². The molecule has 0 spiro atoms. The van der Waals surface area contributed by atoms with Crippen molar-refractivity contribution in [2.24, 2.45) is 5.92 Å². The van der Waals surface area contributed by atoms with Crippen LogP contribution in [0.4, 0.5) is 10.9 Å². The maximum atomic E-state index is 9.75. The van der Waals surface area contributed by atoms with E-state index in [1.165, 1.54) is 23.1 Å². The van der Waals surface area contributed by atoms with Gasteiger partial charge in [0.2, 0.25) is 0 Å². The molecule has 0 amide bonds. The molecule has 2 aromatic heterocycles. The first-order chi connectivity index (χ1) is 13.9. The Balaban J connectivity index is 1.91. The molecule has 3 aromatic rings. The highest BCUT2D eigenvalue weighted by molar-refractivity contribution is 7.99. The summed E-state index contributed by atoms with van der Waals surface area (Å²) in [6.45, 7) is 6.29. The number of hydrogen-bond donors (Lipinski definition) is 3. The van der Waals surface area contributed by atoms with Gasteiger partial charge >= 0.3 is 0 Å². The Hall–Kier alpha value is -2.41. The van der Waals surface area contributed by atoms with Crippen molar-refractivity contribution >= 4 is 44.4 Å². The highest BCUT2D eigenvalue weighted by atomic mass is 32.2. The largest absolute Gasteiger partial charge is 0.394 e. The quantitative estimate of drug-likeness (QED) is 0.360. The number of hydrogen-bond acceptors (Lipinski definition) is 9. The summed E-state index contributed by atoms with van der Waals surface area (Å²) < 4.78 is 0.785. The van der Waals surface area contributed by atoms with Crippen LogP contribution in [0.3, 0.4) is 0 Å². The van der Waals surface area contributed by atoms with Gasteiger partial charge < -0.3 is 16.2 Å². The number of thiazole rings is 1. The number of benzene rings is 1. The Morgan fingerprint density at radius 3 is 2.76 bits per heavy atom. The van der Waals surface area contributed by atoms with Gasteiger partial charge in [-0.05, 0) is 37.0 Å². The topological polar surface area (TPSA) is 121 Å². The van der Waals surface area contributed by atoms with Crippen LogP contribution in [0.15, 0.2) is 29.4 Å². The smallest absolute Gasteiger partial charge is 0.192 e. The molecule has 2 atom stereocenters. The second-order valence-corrected chi connectivity index (χ2v) is 9.55. The van der Waals surface area contributed by atoms with Crippen molar-refractivity contribution in [2.45, 2.75) is 43.6 Å². The first kappa shape index (κ1) is 21.3. The molecule has 7 nitrogen and oxygen atoms in total. The molecule has 3 rings (SSSR count). The number of aromatic nitrogens is 3. The predicted molar refractivity (Wildman–Crippen MR) is 119 cm³/mol. The molecule has 1 aromatic carbocycles. The van der Waals surface area contributed by atoms with E-state index in [-0.39, 0.29) is 17.9 Å². The third kappa shape index (κ3) is 5.35. The number of nitrogens with one attached hydrogen (secondary N) is 1. The number of nitriles is 1. The number of rotatable bonds is 8. The van der Waals surface area contributed by atoms with Gasteiger partial charge in [-0.25, -0.2) is 15.0 Å². The van der Waals surface area contributed by atoms with Crippen LogP contribution in [-0.2, 0) is 0 Å². The van der Waals surface area contributed by atoms with Gasteiger partial charge in [0.05, 0.1) is 24.3 Å². The fourth-order valence-electron chi connectivity index (χ4n) is 3.00. The first-order valence-electron chi connectivity index (χ1n) is 9.37. The zero-order valence-electron chi connectivity index (χ0n) is 16.6. The Labute approximate surface area is 178 Å². The van der Waals surface area contributed by atoms with E-state index in [0.29, 0.717) is 33.2 Å². The number of nitrogens with zero attached hydrogens (tertiary/aromatic N) is 4. The van der Waals surface area contributed by atoms with E-state index in [0.717, 1.165) is 16.7 Å². The van der Waals surface area contributed by atoms with Crippen LogP contribution in [0, 0.1) is 17.2 Å². The van der Waals surface area contributed by atoms with Crippen LogP contribution >= 0.6 is 23.1 Å². The summed E-state index contributed by atoms with van der Waals surface area (Å²) >= 11 is 2.82. The molecule has 0 bridgehead atoms. The zero-order valence-corrected chi connectivity index (χ0v) is 18.2. The monoisotopic (exact) mass is 428 g/mol. The molecule has 0 radical (unpaired) electrons. The second-order valence-electron chi connectivity index (χ2n) is 7.21. The number of anilines is 2. The predicted octanol–water partition coefficient (Wildman–Crippen LogP) is 4.21. The van der Waals surface area contributed by atoms with Crippen molar-refractivity contribution in [1.82, 2.24) is 15.0 Å². The molecule has 0 aliphatic heterocycles. The Kier molecular flexibility index (Phi) is 6.90. The highest BCUT2D eigenvalue weighted by Gasteiger charge is 2.19. The number of aliphatic hydroxyl groups is 1. The van der Waals surface area contributed by atoms with Crippen molar-refractivity contribution in [1.29, 1.82) is 5.26 Å². The summed E-state index contributed by atoms with van der Waals surface area (Å²) in [5.74, 6) is 1.08. The molecule has 4 N–H and O–H groups in total. The molecule has 9 heteroatoms. The summed E-state index contributed by atoms with van der Waals surface area (Å²) in [7, 11) is 0. The number of thioether (sulfide) groups is 1. The lowest BCUT2D eigenvalue weighted by Gasteiger charge is -2.19. The summed E-state index contributed by atoms with van der Waals surface area (Å²) in [6, 6.07) is 9.58.